The third-order valence-corrected chi connectivity index (χ3v) is 4.77. The molecule has 1 aliphatic rings. The molecule has 2 aromatic heterocycles. The van der Waals surface area contributed by atoms with E-state index in [0.717, 1.165) is 31.4 Å². The van der Waals surface area contributed by atoms with Gasteiger partial charge in [-0.05, 0) is 36.5 Å². The van der Waals surface area contributed by atoms with Crippen molar-refractivity contribution < 1.29 is 4.79 Å². The molecule has 0 spiro atoms. The normalized spacial score (nSPS) is 17.5. The number of hydrogen-bond acceptors (Lipinski definition) is 3. The molecule has 5 nitrogen and oxygen atoms in total. The van der Waals surface area contributed by atoms with Crippen molar-refractivity contribution >= 4 is 16.8 Å². The molecule has 24 heavy (non-hydrogen) atoms. The van der Waals surface area contributed by atoms with Gasteiger partial charge in [0.2, 0.25) is 0 Å². The molecule has 1 aliphatic heterocycles. The van der Waals surface area contributed by atoms with Crippen molar-refractivity contribution in [3.05, 3.63) is 60.0 Å². The molecule has 122 valence electrons. The molecule has 0 aliphatic carbocycles. The summed E-state index contributed by atoms with van der Waals surface area (Å²) in [6, 6.07) is 10.4. The molecule has 0 saturated carbocycles. The summed E-state index contributed by atoms with van der Waals surface area (Å²) in [6.07, 6.45) is 7.29. The highest BCUT2D eigenvalue weighted by Crippen LogP contribution is 2.25. The number of nitrogens with zero attached hydrogens (tertiary/aromatic N) is 4. The van der Waals surface area contributed by atoms with Crippen molar-refractivity contribution in [3.63, 3.8) is 0 Å². The first-order valence-electron chi connectivity index (χ1n) is 8.31. The van der Waals surface area contributed by atoms with E-state index in [-0.39, 0.29) is 5.91 Å². The van der Waals surface area contributed by atoms with Gasteiger partial charge in [0.1, 0.15) is 0 Å². The van der Waals surface area contributed by atoms with Crippen LogP contribution in [-0.4, -0.2) is 38.7 Å². The van der Waals surface area contributed by atoms with E-state index in [0.29, 0.717) is 11.5 Å². The largest absolute Gasteiger partial charge is 0.338 e. The first-order valence-corrected chi connectivity index (χ1v) is 8.31. The predicted molar refractivity (Wildman–Crippen MR) is 92.7 cm³/mol. The molecular weight excluding hydrogens is 300 g/mol. The van der Waals surface area contributed by atoms with Crippen molar-refractivity contribution in [2.45, 2.75) is 12.8 Å². The van der Waals surface area contributed by atoms with Crippen LogP contribution in [0.2, 0.25) is 0 Å². The van der Waals surface area contributed by atoms with Gasteiger partial charge in [0.15, 0.2) is 0 Å². The van der Waals surface area contributed by atoms with Gasteiger partial charge in [-0.25, -0.2) is 0 Å². The zero-order valence-electron chi connectivity index (χ0n) is 13.7. The average Bonchev–Trinajstić information content (AvgIpc) is 3.24. The maximum Gasteiger partial charge on any atom is 0.257 e. The number of aromatic nitrogens is 3. The molecule has 1 amide bonds. The van der Waals surface area contributed by atoms with Gasteiger partial charge in [-0.15, -0.1) is 0 Å². The molecule has 1 aromatic carbocycles. The van der Waals surface area contributed by atoms with Crippen molar-refractivity contribution in [2.75, 3.05) is 13.1 Å². The van der Waals surface area contributed by atoms with E-state index < -0.39 is 0 Å². The number of fused-ring (bicyclic) bond motifs is 1. The summed E-state index contributed by atoms with van der Waals surface area (Å²) in [5, 5.41) is 5.31. The number of amides is 1. The number of hydrogen-bond donors (Lipinski definition) is 0. The van der Waals surface area contributed by atoms with Crippen LogP contribution < -0.4 is 0 Å². The number of carbonyl (C=O) groups excluding carboxylic acids is 1. The number of pyridine rings is 1. The van der Waals surface area contributed by atoms with E-state index in [1.165, 1.54) is 10.9 Å². The molecule has 3 heterocycles. The zero-order chi connectivity index (χ0) is 16.5. The quantitative estimate of drug-likeness (QED) is 0.745. The minimum atomic E-state index is 0.0881. The SMILES string of the molecule is Cn1cc(C(=O)N2CC[C@@H](Cc3cccc4ncccc34)C2)cn1. The lowest BCUT2D eigenvalue weighted by Gasteiger charge is -2.16. The van der Waals surface area contributed by atoms with Gasteiger partial charge in [-0.1, -0.05) is 18.2 Å². The first-order chi connectivity index (χ1) is 11.7. The van der Waals surface area contributed by atoms with Gasteiger partial charge >= 0.3 is 0 Å². The average molecular weight is 320 g/mol. The van der Waals surface area contributed by atoms with Crippen LogP contribution in [0.1, 0.15) is 22.3 Å². The summed E-state index contributed by atoms with van der Waals surface area (Å²) >= 11 is 0. The number of carbonyl (C=O) groups is 1. The van der Waals surface area contributed by atoms with Gasteiger partial charge in [0.05, 0.1) is 17.3 Å². The topological polar surface area (TPSA) is 51.0 Å². The highest BCUT2D eigenvalue weighted by atomic mass is 16.2. The van der Waals surface area contributed by atoms with Crippen molar-refractivity contribution in [1.82, 2.24) is 19.7 Å². The maximum atomic E-state index is 12.5. The number of likely N-dealkylation sites (tertiary alicyclic amines) is 1. The Morgan fingerprint density at radius 2 is 2.21 bits per heavy atom. The van der Waals surface area contributed by atoms with Gasteiger partial charge in [0.25, 0.3) is 5.91 Å². The van der Waals surface area contributed by atoms with Crippen LogP contribution in [0, 0.1) is 5.92 Å². The van der Waals surface area contributed by atoms with Crippen LogP contribution in [0.4, 0.5) is 0 Å². The van der Waals surface area contributed by atoms with Crippen molar-refractivity contribution in [2.24, 2.45) is 13.0 Å². The summed E-state index contributed by atoms with van der Waals surface area (Å²) in [5.41, 5.74) is 3.03. The van der Waals surface area contributed by atoms with Crippen LogP contribution >= 0.6 is 0 Å². The second-order valence-corrected chi connectivity index (χ2v) is 6.50. The molecule has 0 bridgehead atoms. The highest BCUT2D eigenvalue weighted by molar-refractivity contribution is 5.93. The maximum absolute atomic E-state index is 12.5. The Labute approximate surface area is 140 Å². The molecule has 0 radical (unpaired) electrons. The first kappa shape index (κ1) is 14.9. The van der Waals surface area contributed by atoms with Gasteiger partial charge in [-0.3, -0.25) is 14.5 Å². The third-order valence-electron chi connectivity index (χ3n) is 4.77. The molecule has 1 saturated heterocycles. The summed E-state index contributed by atoms with van der Waals surface area (Å²) in [7, 11) is 1.83. The second kappa shape index (κ2) is 6.07. The van der Waals surface area contributed by atoms with Crippen LogP contribution in [0.15, 0.2) is 48.9 Å². The number of benzene rings is 1. The van der Waals surface area contributed by atoms with Crippen molar-refractivity contribution in [1.29, 1.82) is 0 Å². The van der Waals surface area contributed by atoms with Crippen molar-refractivity contribution in [3.8, 4) is 0 Å². The zero-order valence-corrected chi connectivity index (χ0v) is 13.7. The van der Waals surface area contributed by atoms with Crippen LogP contribution in [-0.2, 0) is 13.5 Å². The number of rotatable bonds is 3. The molecule has 3 aromatic rings. The summed E-state index contributed by atoms with van der Waals surface area (Å²) < 4.78 is 1.67. The Kier molecular flexibility index (Phi) is 3.76. The van der Waals surface area contributed by atoms with E-state index in [4.69, 9.17) is 0 Å². The van der Waals surface area contributed by atoms with Gasteiger partial charge in [0, 0.05) is 37.9 Å². The van der Waals surface area contributed by atoms with E-state index in [1.807, 2.05) is 30.3 Å². The lowest BCUT2D eigenvalue weighted by molar-refractivity contribution is 0.0787. The predicted octanol–water partition coefficient (Wildman–Crippen LogP) is 2.67. The molecular formula is C19H20N4O. The Morgan fingerprint density at radius 1 is 1.29 bits per heavy atom. The van der Waals surface area contributed by atoms with E-state index >= 15 is 0 Å². The molecule has 1 fully saturated rings. The van der Waals surface area contributed by atoms with Crippen LogP contribution in [0.25, 0.3) is 10.9 Å². The standard InChI is InChI=1S/C19H20N4O/c1-22-13-16(11-21-22)19(24)23-9-7-14(12-23)10-15-4-2-6-18-17(15)5-3-8-20-18/h2-6,8,11,13-14H,7,9-10,12H2,1H3/t14-/m0/s1. The third kappa shape index (κ3) is 2.77. The molecule has 0 N–H and O–H groups in total. The Hall–Kier alpha value is -2.69. The summed E-state index contributed by atoms with van der Waals surface area (Å²) in [6.45, 7) is 1.63. The molecule has 5 heteroatoms. The fraction of sp³-hybridized carbons (Fsp3) is 0.316. The summed E-state index contributed by atoms with van der Waals surface area (Å²) in [5.74, 6) is 0.585. The molecule has 1 atom stereocenters. The molecule has 4 rings (SSSR count). The Bertz CT molecular complexity index is 880. The van der Waals surface area contributed by atoms with E-state index in [1.54, 1.807) is 17.1 Å². The van der Waals surface area contributed by atoms with Gasteiger partial charge < -0.3 is 4.90 Å². The number of aryl methyl sites for hydroxylation is 1. The van der Waals surface area contributed by atoms with Crippen LogP contribution in [0.5, 0.6) is 0 Å². The monoisotopic (exact) mass is 320 g/mol. The van der Waals surface area contributed by atoms with E-state index in [2.05, 4.69) is 28.3 Å². The lowest BCUT2D eigenvalue weighted by Crippen LogP contribution is -2.28. The smallest absolute Gasteiger partial charge is 0.257 e. The fourth-order valence-electron chi connectivity index (χ4n) is 3.55. The van der Waals surface area contributed by atoms with E-state index in [9.17, 15) is 4.79 Å². The lowest BCUT2D eigenvalue weighted by atomic mass is 9.96. The fourth-order valence-corrected chi connectivity index (χ4v) is 3.55. The Morgan fingerprint density at radius 3 is 3.04 bits per heavy atom. The van der Waals surface area contributed by atoms with Crippen LogP contribution in [0.3, 0.4) is 0 Å². The summed E-state index contributed by atoms with van der Waals surface area (Å²) in [4.78, 5) is 18.9. The second-order valence-electron chi connectivity index (χ2n) is 6.50. The van der Waals surface area contributed by atoms with Gasteiger partial charge in [-0.2, -0.15) is 5.10 Å². The minimum Gasteiger partial charge on any atom is -0.338 e. The highest BCUT2D eigenvalue weighted by Gasteiger charge is 2.27. The molecule has 0 unspecified atom stereocenters. The Balaban J connectivity index is 1.48. The minimum absolute atomic E-state index is 0.0881.